The number of rotatable bonds is 38. The first kappa shape index (κ1) is 53.5. The summed E-state index contributed by atoms with van der Waals surface area (Å²) in [5, 5.41) is 10.3. The van der Waals surface area contributed by atoms with Gasteiger partial charge in [-0.1, -0.05) is 132 Å². The zero-order valence-electron chi connectivity index (χ0n) is 35.9. The number of phosphoric ester groups is 1. The Morgan fingerprint density at radius 2 is 1.25 bits per heavy atom. The maximum atomic E-state index is 12.7. The van der Waals surface area contributed by atoms with Crippen LogP contribution in [0.3, 0.4) is 0 Å². The molecule has 0 aromatic carbocycles. The molecule has 10 heteroatoms. The van der Waals surface area contributed by atoms with E-state index in [1.165, 1.54) is 57.8 Å². The molecule has 0 aliphatic heterocycles. The van der Waals surface area contributed by atoms with Crippen molar-refractivity contribution >= 4 is 13.8 Å². The van der Waals surface area contributed by atoms with E-state index < -0.39 is 26.0 Å². The maximum Gasteiger partial charge on any atom is 0.472 e. The molecule has 0 radical (unpaired) electrons. The van der Waals surface area contributed by atoms with Gasteiger partial charge in [0, 0.05) is 6.42 Å². The SMILES string of the molecule is CC/C=C\C/C=C\C/C=C\C/C=C\C=C\C(O)CCCC(=O)O[C@H](CO/C=C/CCCCCC/C=C\CCCCCCCC)COP(=O)(O)OCC[N+](C)(C)C. The molecule has 0 spiro atoms. The third-order valence-electron chi connectivity index (χ3n) is 8.61. The van der Waals surface area contributed by atoms with Gasteiger partial charge in [0.25, 0.3) is 0 Å². The van der Waals surface area contributed by atoms with E-state index in [-0.39, 0.29) is 26.2 Å². The topological polar surface area (TPSA) is 112 Å². The number of phosphoric acid groups is 1. The van der Waals surface area contributed by atoms with Crippen LogP contribution in [0.1, 0.15) is 142 Å². The molecule has 0 aromatic rings. The van der Waals surface area contributed by atoms with Crippen molar-refractivity contribution < 1.29 is 42.4 Å². The van der Waals surface area contributed by atoms with Crippen molar-refractivity contribution in [3.05, 3.63) is 85.3 Å². The predicted octanol–water partition coefficient (Wildman–Crippen LogP) is 11.8. The zero-order chi connectivity index (χ0) is 41.4. The van der Waals surface area contributed by atoms with Gasteiger partial charge in [0.05, 0.1) is 40.1 Å². The van der Waals surface area contributed by atoms with E-state index in [1.807, 2.05) is 45.4 Å². The first-order valence-electron chi connectivity index (χ1n) is 21.5. The first-order chi connectivity index (χ1) is 27.0. The molecule has 0 aliphatic carbocycles. The van der Waals surface area contributed by atoms with Gasteiger partial charge >= 0.3 is 13.8 Å². The number of unbranched alkanes of at least 4 members (excludes halogenated alkanes) is 11. The number of hydrogen-bond donors (Lipinski definition) is 2. The lowest BCUT2D eigenvalue weighted by atomic mass is 10.1. The van der Waals surface area contributed by atoms with Crippen LogP contribution in [0.15, 0.2) is 85.3 Å². The number of quaternary nitrogens is 1. The predicted molar refractivity (Wildman–Crippen MR) is 234 cm³/mol. The van der Waals surface area contributed by atoms with Gasteiger partial charge in [-0.25, -0.2) is 4.57 Å². The Bertz CT molecular complexity index is 1180. The van der Waals surface area contributed by atoms with Crippen molar-refractivity contribution in [2.24, 2.45) is 0 Å². The summed E-state index contributed by atoms with van der Waals surface area (Å²) in [5.41, 5.74) is 0. The van der Waals surface area contributed by atoms with Crippen molar-refractivity contribution in [2.75, 3.05) is 47.5 Å². The van der Waals surface area contributed by atoms with Crippen LogP contribution in [-0.4, -0.2) is 80.2 Å². The highest BCUT2D eigenvalue weighted by Gasteiger charge is 2.26. The van der Waals surface area contributed by atoms with Crippen molar-refractivity contribution in [3.8, 4) is 0 Å². The summed E-state index contributed by atoms with van der Waals surface area (Å²) in [6, 6.07) is 0. The van der Waals surface area contributed by atoms with E-state index in [1.54, 1.807) is 12.3 Å². The molecule has 0 rings (SSSR count). The number of aliphatic hydroxyl groups excluding tert-OH is 1. The molecule has 0 saturated carbocycles. The highest BCUT2D eigenvalue weighted by molar-refractivity contribution is 7.47. The summed E-state index contributed by atoms with van der Waals surface area (Å²) < 4.78 is 34.5. The number of carbonyl (C=O) groups excluding carboxylic acids is 1. The highest BCUT2D eigenvalue weighted by atomic mass is 31.2. The number of esters is 1. The van der Waals surface area contributed by atoms with Gasteiger partial charge in [-0.05, 0) is 83.1 Å². The molecule has 0 saturated heterocycles. The summed E-state index contributed by atoms with van der Waals surface area (Å²) in [4.78, 5) is 22.9. The molecule has 9 nitrogen and oxygen atoms in total. The number of carbonyl (C=O) groups is 1. The van der Waals surface area contributed by atoms with Crippen molar-refractivity contribution in [3.63, 3.8) is 0 Å². The minimum atomic E-state index is -4.35. The summed E-state index contributed by atoms with van der Waals surface area (Å²) in [6.07, 6.45) is 47.4. The van der Waals surface area contributed by atoms with Crippen LogP contribution < -0.4 is 0 Å². The molecule has 322 valence electrons. The van der Waals surface area contributed by atoms with Crippen LogP contribution in [0, 0.1) is 0 Å². The first-order valence-corrected chi connectivity index (χ1v) is 23.0. The summed E-state index contributed by atoms with van der Waals surface area (Å²) in [5.74, 6) is -0.503. The van der Waals surface area contributed by atoms with Crippen LogP contribution in [0.2, 0.25) is 0 Å². The van der Waals surface area contributed by atoms with Crippen LogP contribution in [-0.2, 0) is 27.9 Å². The maximum absolute atomic E-state index is 12.7. The number of allylic oxidation sites excluding steroid dienone is 12. The molecule has 0 bridgehead atoms. The van der Waals surface area contributed by atoms with E-state index in [0.717, 1.165) is 51.4 Å². The normalized spacial score (nSPS) is 15.1. The Morgan fingerprint density at radius 3 is 1.86 bits per heavy atom. The number of nitrogens with zero attached hydrogens (tertiary/aromatic N) is 1. The molecule has 0 amide bonds. The summed E-state index contributed by atoms with van der Waals surface area (Å²) in [6.45, 7) is 4.54. The van der Waals surface area contributed by atoms with E-state index in [0.29, 0.717) is 23.9 Å². The van der Waals surface area contributed by atoms with E-state index in [2.05, 4.69) is 62.5 Å². The second kappa shape index (κ2) is 38.0. The molecule has 0 heterocycles. The number of aliphatic hydroxyl groups is 1. The minimum Gasteiger partial charge on any atom is -0.498 e. The zero-order valence-corrected chi connectivity index (χ0v) is 36.8. The molecular weight excluding hydrogens is 725 g/mol. The Labute approximate surface area is 342 Å². The van der Waals surface area contributed by atoms with Crippen LogP contribution in [0.5, 0.6) is 0 Å². The molecule has 2 unspecified atom stereocenters. The van der Waals surface area contributed by atoms with Crippen molar-refractivity contribution in [1.82, 2.24) is 0 Å². The lowest BCUT2D eigenvalue weighted by Crippen LogP contribution is -2.37. The highest BCUT2D eigenvalue weighted by Crippen LogP contribution is 2.43. The Kier molecular flexibility index (Phi) is 36.3. The number of ether oxygens (including phenoxy) is 2. The summed E-state index contributed by atoms with van der Waals surface area (Å²) in [7, 11) is 1.50. The van der Waals surface area contributed by atoms with E-state index in [9.17, 15) is 19.4 Å². The number of likely N-dealkylation sites (N-methyl/N-ethyl adjacent to an activating group) is 1. The van der Waals surface area contributed by atoms with E-state index in [4.69, 9.17) is 18.5 Å². The van der Waals surface area contributed by atoms with Gasteiger partial charge in [-0.15, -0.1) is 0 Å². The smallest absolute Gasteiger partial charge is 0.472 e. The minimum absolute atomic E-state index is 0.0353. The molecule has 0 aromatic heterocycles. The van der Waals surface area contributed by atoms with Gasteiger partial charge in [-0.3, -0.25) is 13.8 Å². The molecular formula is C46H81NO8P+. The Balaban J connectivity index is 4.55. The molecule has 0 fully saturated rings. The van der Waals surface area contributed by atoms with Crippen LogP contribution in [0.25, 0.3) is 0 Å². The Hall–Kier alpha value is -2.52. The molecule has 3 atom stereocenters. The lowest BCUT2D eigenvalue weighted by molar-refractivity contribution is -0.870. The average molecular weight is 807 g/mol. The van der Waals surface area contributed by atoms with Gasteiger partial charge in [0.2, 0.25) is 0 Å². The second-order valence-corrected chi connectivity index (χ2v) is 16.7. The lowest BCUT2D eigenvalue weighted by Gasteiger charge is -2.24. The standard InChI is InChI=1S/C46H80NO8P/c1-6-8-10-12-14-16-18-20-21-22-24-26-28-30-32-34-40-52-42-45(43-54-56(50,51)53-41-39-47(3,4)5)55-46(49)38-35-37-44(48)36-33-31-29-27-25-23-19-17-15-13-11-9-7-2/h9,11,15,17,20-21,23,25,29,31,33-34,36,40,44-45,48H,6-8,10,12-14,16,18-19,22,24,26-28,30,32,35,37-39,41-43H2,1-5H3/p+1/b11-9-,17-15-,21-20-,25-23-,31-29-,36-33+,40-34+/t44?,45-/m1/s1. The monoisotopic (exact) mass is 807 g/mol. The fourth-order valence-electron chi connectivity index (χ4n) is 5.25. The fraction of sp³-hybridized carbons (Fsp3) is 0.674. The van der Waals surface area contributed by atoms with Gasteiger partial charge in [0.1, 0.15) is 19.8 Å². The molecule has 2 N–H and O–H groups in total. The second-order valence-electron chi connectivity index (χ2n) is 15.3. The third-order valence-corrected chi connectivity index (χ3v) is 9.59. The summed E-state index contributed by atoms with van der Waals surface area (Å²) >= 11 is 0. The van der Waals surface area contributed by atoms with Crippen LogP contribution >= 0.6 is 7.82 Å². The average Bonchev–Trinajstić information content (AvgIpc) is 3.14. The van der Waals surface area contributed by atoms with Gasteiger partial charge in [-0.2, -0.15) is 0 Å². The van der Waals surface area contributed by atoms with Crippen molar-refractivity contribution in [2.45, 2.75) is 154 Å². The van der Waals surface area contributed by atoms with Crippen molar-refractivity contribution in [1.29, 1.82) is 0 Å². The Morgan fingerprint density at radius 1 is 0.679 bits per heavy atom. The fourth-order valence-corrected chi connectivity index (χ4v) is 5.99. The number of hydrogen-bond acceptors (Lipinski definition) is 7. The molecule has 56 heavy (non-hydrogen) atoms. The van der Waals surface area contributed by atoms with Gasteiger partial charge < -0.3 is 24.0 Å². The molecule has 0 aliphatic rings. The van der Waals surface area contributed by atoms with Crippen LogP contribution in [0.4, 0.5) is 0 Å². The largest absolute Gasteiger partial charge is 0.498 e. The third kappa shape index (κ3) is 41.1. The quantitative estimate of drug-likeness (QED) is 0.0121. The van der Waals surface area contributed by atoms with Gasteiger partial charge in [0.15, 0.2) is 6.10 Å². The van der Waals surface area contributed by atoms with E-state index >= 15 is 0 Å².